The SMILES string of the molecule is CCC(C)c1ccc(-c2csc(NC(=O)CCCCl)n2)cc1. The van der Waals surface area contributed by atoms with Crippen molar-refractivity contribution in [2.24, 2.45) is 0 Å². The van der Waals surface area contributed by atoms with Crippen molar-refractivity contribution in [3.05, 3.63) is 35.2 Å². The number of nitrogens with one attached hydrogen (secondary N) is 1. The van der Waals surface area contributed by atoms with Gasteiger partial charge in [-0.05, 0) is 24.3 Å². The predicted molar refractivity (Wildman–Crippen MR) is 94.8 cm³/mol. The van der Waals surface area contributed by atoms with Gasteiger partial charge in [0.1, 0.15) is 0 Å². The highest BCUT2D eigenvalue weighted by Gasteiger charge is 2.09. The van der Waals surface area contributed by atoms with E-state index in [0.29, 0.717) is 29.8 Å². The zero-order valence-electron chi connectivity index (χ0n) is 12.9. The van der Waals surface area contributed by atoms with Gasteiger partial charge in [0.25, 0.3) is 0 Å². The second-order valence-electron chi connectivity index (χ2n) is 5.31. The Morgan fingerprint density at radius 3 is 2.73 bits per heavy atom. The third kappa shape index (κ3) is 4.55. The van der Waals surface area contributed by atoms with Gasteiger partial charge in [0.15, 0.2) is 5.13 Å². The Morgan fingerprint density at radius 2 is 2.09 bits per heavy atom. The molecule has 1 unspecified atom stereocenters. The number of hydrogen-bond acceptors (Lipinski definition) is 3. The van der Waals surface area contributed by atoms with Gasteiger partial charge < -0.3 is 5.32 Å². The van der Waals surface area contributed by atoms with Gasteiger partial charge in [-0.3, -0.25) is 4.79 Å². The summed E-state index contributed by atoms with van der Waals surface area (Å²) in [5, 5.41) is 5.42. The quantitative estimate of drug-likeness (QED) is 0.699. The first-order chi connectivity index (χ1) is 10.6. The van der Waals surface area contributed by atoms with E-state index in [9.17, 15) is 4.79 Å². The number of thiazole rings is 1. The molecule has 1 aromatic carbocycles. The van der Waals surface area contributed by atoms with Crippen LogP contribution in [-0.4, -0.2) is 16.8 Å². The van der Waals surface area contributed by atoms with Crippen LogP contribution in [0, 0.1) is 0 Å². The van der Waals surface area contributed by atoms with Gasteiger partial charge in [0, 0.05) is 23.2 Å². The second-order valence-corrected chi connectivity index (χ2v) is 6.55. The highest BCUT2D eigenvalue weighted by Crippen LogP contribution is 2.27. The number of carbonyl (C=O) groups is 1. The molecule has 0 spiro atoms. The number of benzene rings is 1. The fourth-order valence-electron chi connectivity index (χ4n) is 2.09. The summed E-state index contributed by atoms with van der Waals surface area (Å²) in [6.07, 6.45) is 2.25. The molecule has 3 nitrogen and oxygen atoms in total. The van der Waals surface area contributed by atoms with Crippen LogP contribution in [0.3, 0.4) is 0 Å². The molecule has 2 rings (SSSR count). The molecule has 1 heterocycles. The van der Waals surface area contributed by atoms with Gasteiger partial charge in [0.05, 0.1) is 5.69 Å². The number of halogens is 1. The van der Waals surface area contributed by atoms with Gasteiger partial charge in [0.2, 0.25) is 5.91 Å². The molecular formula is C17H21ClN2OS. The molecule has 0 bridgehead atoms. The fraction of sp³-hybridized carbons (Fsp3) is 0.412. The summed E-state index contributed by atoms with van der Waals surface area (Å²) < 4.78 is 0. The highest BCUT2D eigenvalue weighted by molar-refractivity contribution is 7.14. The largest absolute Gasteiger partial charge is 0.302 e. The molecule has 2 aromatic rings. The second kappa shape index (κ2) is 8.30. The smallest absolute Gasteiger partial charge is 0.226 e. The van der Waals surface area contributed by atoms with Crippen LogP contribution in [0.1, 0.15) is 44.6 Å². The lowest BCUT2D eigenvalue weighted by Gasteiger charge is -2.08. The third-order valence-corrected chi connectivity index (χ3v) is 4.70. The lowest BCUT2D eigenvalue weighted by Crippen LogP contribution is -2.10. The lowest BCUT2D eigenvalue weighted by atomic mass is 9.97. The van der Waals surface area contributed by atoms with Crippen molar-refractivity contribution in [3.8, 4) is 11.3 Å². The van der Waals surface area contributed by atoms with E-state index in [0.717, 1.165) is 17.7 Å². The molecule has 118 valence electrons. The molecule has 0 fully saturated rings. The molecule has 1 N–H and O–H groups in total. The molecule has 0 aliphatic heterocycles. The minimum Gasteiger partial charge on any atom is -0.302 e. The third-order valence-electron chi connectivity index (χ3n) is 3.68. The number of carbonyl (C=O) groups excluding carboxylic acids is 1. The van der Waals surface area contributed by atoms with Crippen molar-refractivity contribution in [2.75, 3.05) is 11.2 Å². The minimum atomic E-state index is -0.0336. The van der Waals surface area contributed by atoms with Crippen LogP contribution in [0.15, 0.2) is 29.6 Å². The number of alkyl halides is 1. The minimum absolute atomic E-state index is 0.0336. The zero-order chi connectivity index (χ0) is 15.9. The first kappa shape index (κ1) is 17.0. The molecule has 0 radical (unpaired) electrons. The van der Waals surface area contributed by atoms with Crippen LogP contribution in [0.25, 0.3) is 11.3 Å². The Balaban J connectivity index is 2.03. The van der Waals surface area contributed by atoms with Gasteiger partial charge in [-0.15, -0.1) is 22.9 Å². The van der Waals surface area contributed by atoms with Crippen LogP contribution in [0.5, 0.6) is 0 Å². The van der Waals surface area contributed by atoms with Crippen molar-refractivity contribution in [1.29, 1.82) is 0 Å². The Labute approximate surface area is 140 Å². The van der Waals surface area contributed by atoms with Gasteiger partial charge in [-0.1, -0.05) is 38.1 Å². The average Bonchev–Trinajstić information content (AvgIpc) is 3.00. The number of nitrogens with zero attached hydrogens (tertiary/aromatic N) is 1. The van der Waals surface area contributed by atoms with Crippen LogP contribution >= 0.6 is 22.9 Å². The molecule has 1 atom stereocenters. The molecule has 0 aliphatic carbocycles. The number of anilines is 1. The molecule has 1 aromatic heterocycles. The summed E-state index contributed by atoms with van der Waals surface area (Å²) in [7, 11) is 0. The Hall–Kier alpha value is -1.39. The van der Waals surface area contributed by atoms with E-state index in [1.54, 1.807) is 0 Å². The van der Waals surface area contributed by atoms with Crippen molar-refractivity contribution in [3.63, 3.8) is 0 Å². The fourth-order valence-corrected chi connectivity index (χ4v) is 2.96. The number of amides is 1. The van der Waals surface area contributed by atoms with Crippen molar-refractivity contribution in [2.45, 2.75) is 39.0 Å². The van der Waals surface area contributed by atoms with E-state index in [-0.39, 0.29) is 5.91 Å². The van der Waals surface area contributed by atoms with Crippen molar-refractivity contribution in [1.82, 2.24) is 4.98 Å². The van der Waals surface area contributed by atoms with Crippen LogP contribution in [-0.2, 0) is 4.79 Å². The van der Waals surface area contributed by atoms with E-state index < -0.39 is 0 Å². The lowest BCUT2D eigenvalue weighted by molar-refractivity contribution is -0.116. The standard InChI is InChI=1S/C17H21ClN2OS/c1-3-12(2)13-6-8-14(9-7-13)15-11-22-17(19-15)20-16(21)5-4-10-18/h6-9,11-12H,3-5,10H2,1-2H3,(H,19,20,21). The Morgan fingerprint density at radius 1 is 1.36 bits per heavy atom. The van der Waals surface area contributed by atoms with Crippen LogP contribution < -0.4 is 5.32 Å². The first-order valence-electron chi connectivity index (χ1n) is 7.55. The number of hydrogen-bond donors (Lipinski definition) is 1. The van der Waals surface area contributed by atoms with E-state index >= 15 is 0 Å². The monoisotopic (exact) mass is 336 g/mol. The Bertz CT molecular complexity index is 609. The summed E-state index contributed by atoms with van der Waals surface area (Å²) in [5.41, 5.74) is 3.31. The summed E-state index contributed by atoms with van der Waals surface area (Å²) in [6.45, 7) is 4.42. The van der Waals surface area contributed by atoms with E-state index in [4.69, 9.17) is 11.6 Å². The topological polar surface area (TPSA) is 42.0 Å². The molecule has 0 saturated carbocycles. The van der Waals surface area contributed by atoms with Crippen LogP contribution in [0.4, 0.5) is 5.13 Å². The van der Waals surface area contributed by atoms with Crippen LogP contribution in [0.2, 0.25) is 0 Å². The molecular weight excluding hydrogens is 316 g/mol. The first-order valence-corrected chi connectivity index (χ1v) is 8.97. The van der Waals surface area contributed by atoms with Crippen molar-refractivity contribution >= 4 is 34.0 Å². The zero-order valence-corrected chi connectivity index (χ0v) is 14.5. The van der Waals surface area contributed by atoms with E-state index in [1.807, 2.05) is 5.38 Å². The van der Waals surface area contributed by atoms with Gasteiger partial charge in [-0.2, -0.15) is 0 Å². The normalized spacial score (nSPS) is 12.1. The molecule has 5 heteroatoms. The summed E-state index contributed by atoms with van der Waals surface area (Å²) in [5.74, 6) is 1.04. The maximum atomic E-state index is 11.7. The van der Waals surface area contributed by atoms with Gasteiger partial charge in [-0.25, -0.2) is 4.98 Å². The number of rotatable bonds is 7. The van der Waals surface area contributed by atoms with E-state index in [1.165, 1.54) is 16.9 Å². The Kier molecular flexibility index (Phi) is 6.40. The molecule has 0 saturated heterocycles. The van der Waals surface area contributed by atoms with Gasteiger partial charge >= 0.3 is 0 Å². The predicted octanol–water partition coefficient (Wildman–Crippen LogP) is 5.28. The highest BCUT2D eigenvalue weighted by atomic mass is 35.5. The average molecular weight is 337 g/mol. The van der Waals surface area contributed by atoms with Crippen molar-refractivity contribution < 1.29 is 4.79 Å². The number of aromatic nitrogens is 1. The molecule has 22 heavy (non-hydrogen) atoms. The summed E-state index contributed by atoms with van der Waals surface area (Å²) in [4.78, 5) is 16.1. The maximum absolute atomic E-state index is 11.7. The summed E-state index contributed by atoms with van der Waals surface area (Å²) >= 11 is 7.03. The molecule has 1 amide bonds. The molecule has 0 aliphatic rings. The maximum Gasteiger partial charge on any atom is 0.226 e. The van der Waals surface area contributed by atoms with E-state index in [2.05, 4.69) is 48.4 Å². The summed E-state index contributed by atoms with van der Waals surface area (Å²) in [6, 6.07) is 8.49.